The summed E-state index contributed by atoms with van der Waals surface area (Å²) in [5.41, 5.74) is 3.46. The van der Waals surface area contributed by atoms with Crippen LogP contribution in [0.15, 0.2) is 42.5 Å². The highest BCUT2D eigenvalue weighted by Gasteiger charge is 2.36. The van der Waals surface area contributed by atoms with Gasteiger partial charge in [-0.05, 0) is 36.8 Å². The lowest BCUT2D eigenvalue weighted by Gasteiger charge is -2.36. The zero-order valence-electron chi connectivity index (χ0n) is 18.0. The molecule has 0 spiro atoms. The maximum atomic E-state index is 13.2. The van der Waals surface area contributed by atoms with E-state index < -0.39 is 0 Å². The van der Waals surface area contributed by atoms with Gasteiger partial charge in [-0.3, -0.25) is 14.6 Å². The summed E-state index contributed by atoms with van der Waals surface area (Å²) in [7, 11) is 1.69. The summed E-state index contributed by atoms with van der Waals surface area (Å²) in [6.07, 6.45) is 0. The van der Waals surface area contributed by atoms with Crippen molar-refractivity contribution in [3.63, 3.8) is 0 Å². The van der Waals surface area contributed by atoms with E-state index in [2.05, 4.69) is 41.8 Å². The summed E-state index contributed by atoms with van der Waals surface area (Å²) in [6.45, 7) is 9.25. The molecule has 2 unspecified atom stereocenters. The fraction of sp³-hybridized carbons (Fsp3) is 0.458. The van der Waals surface area contributed by atoms with Crippen LogP contribution in [0, 0.1) is 0 Å². The Hall–Kier alpha value is -2.08. The van der Waals surface area contributed by atoms with Crippen LogP contribution in [0.25, 0.3) is 0 Å². The van der Waals surface area contributed by atoms with Gasteiger partial charge in [0.2, 0.25) is 5.91 Å². The van der Waals surface area contributed by atoms with Gasteiger partial charge in [0, 0.05) is 61.0 Å². The molecule has 6 heteroatoms. The highest BCUT2D eigenvalue weighted by Crippen LogP contribution is 2.40. The molecule has 0 N–H and O–H groups in total. The number of rotatable bonds is 5. The van der Waals surface area contributed by atoms with Crippen molar-refractivity contribution in [1.29, 1.82) is 0 Å². The normalized spacial score (nSPS) is 22.2. The smallest absolute Gasteiger partial charge is 0.241 e. The Labute approximate surface area is 184 Å². The van der Waals surface area contributed by atoms with Crippen LogP contribution in [0.1, 0.15) is 30.9 Å². The number of halogens is 1. The number of piperazine rings is 1. The molecule has 0 saturated carbocycles. The molecule has 0 aliphatic carbocycles. The predicted octanol–water partition coefficient (Wildman–Crippen LogP) is 4.01. The second-order valence-electron chi connectivity index (χ2n) is 8.36. The molecule has 30 heavy (non-hydrogen) atoms. The number of carbonyl (C=O) groups is 1. The molecule has 2 aliphatic rings. The first kappa shape index (κ1) is 21.2. The van der Waals surface area contributed by atoms with Crippen molar-refractivity contribution in [2.75, 3.05) is 44.7 Å². The second-order valence-corrected chi connectivity index (χ2v) is 8.80. The van der Waals surface area contributed by atoms with E-state index in [1.807, 2.05) is 29.2 Å². The van der Waals surface area contributed by atoms with Crippen LogP contribution in [0.4, 0.5) is 5.69 Å². The van der Waals surface area contributed by atoms with E-state index >= 15 is 0 Å². The third-order valence-corrected chi connectivity index (χ3v) is 6.78. The van der Waals surface area contributed by atoms with E-state index in [0.29, 0.717) is 12.5 Å². The third-order valence-electron chi connectivity index (χ3n) is 6.55. The summed E-state index contributed by atoms with van der Waals surface area (Å²) < 4.78 is 5.47. The number of hydrogen-bond acceptors (Lipinski definition) is 4. The van der Waals surface area contributed by atoms with E-state index in [4.69, 9.17) is 16.3 Å². The summed E-state index contributed by atoms with van der Waals surface area (Å²) in [5, 5.41) is 0.726. The summed E-state index contributed by atoms with van der Waals surface area (Å²) in [6, 6.07) is 14.2. The van der Waals surface area contributed by atoms with Gasteiger partial charge in [0.25, 0.3) is 0 Å². The summed E-state index contributed by atoms with van der Waals surface area (Å²) in [5.74, 6) is 1.44. The first-order valence-electron chi connectivity index (χ1n) is 10.7. The van der Waals surface area contributed by atoms with E-state index in [1.54, 1.807) is 7.11 Å². The average molecular weight is 428 g/mol. The molecule has 160 valence electrons. The Morgan fingerprint density at radius 3 is 2.50 bits per heavy atom. The molecule has 2 aromatic carbocycles. The van der Waals surface area contributed by atoms with Gasteiger partial charge in [-0.15, -0.1) is 0 Å². The molecule has 0 aromatic heterocycles. The molecule has 2 aromatic rings. The molecule has 2 heterocycles. The Morgan fingerprint density at radius 2 is 1.77 bits per heavy atom. The predicted molar refractivity (Wildman–Crippen MR) is 122 cm³/mol. The second kappa shape index (κ2) is 8.96. The van der Waals surface area contributed by atoms with Crippen LogP contribution in [0.5, 0.6) is 5.75 Å². The van der Waals surface area contributed by atoms with Crippen molar-refractivity contribution in [1.82, 2.24) is 9.80 Å². The SMILES string of the molecule is COc1ccc(Cl)cc1CN1CCN(CC(=O)N2c3ccccc3C(C)C2C)CC1. The van der Waals surface area contributed by atoms with Crippen LogP contribution < -0.4 is 9.64 Å². The summed E-state index contributed by atoms with van der Waals surface area (Å²) in [4.78, 5) is 19.8. The van der Waals surface area contributed by atoms with Crippen LogP contribution in [0.2, 0.25) is 5.02 Å². The number of carbonyl (C=O) groups excluding carboxylic acids is 1. The fourth-order valence-electron chi connectivity index (χ4n) is 4.64. The number of anilines is 1. The minimum absolute atomic E-state index is 0.198. The monoisotopic (exact) mass is 427 g/mol. The van der Waals surface area contributed by atoms with Gasteiger partial charge in [0.05, 0.1) is 13.7 Å². The van der Waals surface area contributed by atoms with Crippen LogP contribution in [-0.4, -0.2) is 61.6 Å². The van der Waals surface area contributed by atoms with Gasteiger partial charge < -0.3 is 9.64 Å². The van der Waals surface area contributed by atoms with Crippen molar-refractivity contribution < 1.29 is 9.53 Å². The molecule has 0 radical (unpaired) electrons. The topological polar surface area (TPSA) is 36.0 Å². The number of methoxy groups -OCH3 is 1. The minimum atomic E-state index is 0.198. The molecule has 1 fully saturated rings. The Balaban J connectivity index is 1.34. The van der Waals surface area contributed by atoms with E-state index in [-0.39, 0.29) is 11.9 Å². The summed E-state index contributed by atoms with van der Waals surface area (Å²) >= 11 is 6.17. The van der Waals surface area contributed by atoms with Crippen LogP contribution in [0.3, 0.4) is 0 Å². The number of hydrogen-bond donors (Lipinski definition) is 0. The fourth-order valence-corrected chi connectivity index (χ4v) is 4.84. The molecule has 2 atom stereocenters. The third kappa shape index (κ3) is 4.20. The lowest BCUT2D eigenvalue weighted by atomic mass is 9.98. The molecule has 1 saturated heterocycles. The zero-order valence-corrected chi connectivity index (χ0v) is 18.7. The van der Waals surface area contributed by atoms with Gasteiger partial charge >= 0.3 is 0 Å². The standard InChI is InChI=1S/C24H30ClN3O2/c1-17-18(2)28(22-7-5-4-6-21(17)22)24(29)16-27-12-10-26(11-13-27)15-19-14-20(25)8-9-23(19)30-3/h4-9,14,17-18H,10-13,15-16H2,1-3H3. The minimum Gasteiger partial charge on any atom is -0.496 e. The van der Waals surface area contributed by atoms with E-state index in [1.165, 1.54) is 5.56 Å². The quantitative estimate of drug-likeness (QED) is 0.722. The van der Waals surface area contributed by atoms with Gasteiger partial charge in [-0.1, -0.05) is 36.7 Å². The highest BCUT2D eigenvalue weighted by atomic mass is 35.5. The Morgan fingerprint density at radius 1 is 1.07 bits per heavy atom. The lowest BCUT2D eigenvalue weighted by Crippen LogP contribution is -2.50. The number of benzene rings is 2. The molecule has 1 amide bonds. The van der Waals surface area contributed by atoms with Gasteiger partial charge in [-0.25, -0.2) is 0 Å². The number of amides is 1. The Kier molecular flexibility index (Phi) is 6.32. The average Bonchev–Trinajstić information content (AvgIpc) is 3.00. The van der Waals surface area contributed by atoms with Crippen molar-refractivity contribution in [2.45, 2.75) is 32.4 Å². The maximum Gasteiger partial charge on any atom is 0.241 e. The van der Waals surface area contributed by atoms with Crippen LogP contribution in [-0.2, 0) is 11.3 Å². The van der Waals surface area contributed by atoms with Crippen LogP contribution >= 0.6 is 11.6 Å². The Bertz CT molecular complexity index is 911. The number of fused-ring (bicyclic) bond motifs is 1. The molecule has 2 aliphatic heterocycles. The van der Waals surface area contributed by atoms with Gasteiger partial charge in [0.1, 0.15) is 5.75 Å². The van der Waals surface area contributed by atoms with E-state index in [9.17, 15) is 4.79 Å². The van der Waals surface area contributed by atoms with Crippen molar-refractivity contribution in [3.8, 4) is 5.75 Å². The molecular formula is C24H30ClN3O2. The number of ether oxygens (including phenoxy) is 1. The first-order chi connectivity index (χ1) is 14.5. The zero-order chi connectivity index (χ0) is 21.3. The first-order valence-corrected chi connectivity index (χ1v) is 11.0. The van der Waals surface area contributed by atoms with E-state index in [0.717, 1.165) is 54.7 Å². The van der Waals surface area contributed by atoms with Crippen molar-refractivity contribution in [3.05, 3.63) is 58.6 Å². The lowest BCUT2D eigenvalue weighted by molar-refractivity contribution is -0.120. The van der Waals surface area contributed by atoms with Gasteiger partial charge in [0.15, 0.2) is 0 Å². The maximum absolute atomic E-state index is 13.2. The van der Waals surface area contributed by atoms with Gasteiger partial charge in [-0.2, -0.15) is 0 Å². The van der Waals surface area contributed by atoms with Crippen molar-refractivity contribution >= 4 is 23.2 Å². The molecule has 5 nitrogen and oxygen atoms in total. The largest absolute Gasteiger partial charge is 0.496 e. The number of nitrogens with zero attached hydrogens (tertiary/aromatic N) is 3. The molecule has 0 bridgehead atoms. The molecule has 4 rings (SSSR count). The number of para-hydroxylation sites is 1. The highest BCUT2D eigenvalue weighted by molar-refractivity contribution is 6.30. The molecular weight excluding hydrogens is 398 g/mol. The van der Waals surface area contributed by atoms with Crippen molar-refractivity contribution in [2.24, 2.45) is 0 Å².